The van der Waals surface area contributed by atoms with Gasteiger partial charge in [0.1, 0.15) is 0 Å². The number of carbonyl (C=O) groups is 1. The molecule has 1 fully saturated rings. The van der Waals surface area contributed by atoms with E-state index in [4.69, 9.17) is 0 Å². The summed E-state index contributed by atoms with van der Waals surface area (Å²) >= 11 is 0. The standard InChI is InChI=1S/C13H27N3O/c1-10(2)15-13(17)9-16-7-5-12(6-8-16)11(3)14-4/h10-12,14H,5-9H2,1-4H3,(H,15,17). The van der Waals surface area contributed by atoms with Crippen molar-refractivity contribution in [3.63, 3.8) is 0 Å². The van der Waals surface area contributed by atoms with E-state index in [1.54, 1.807) is 0 Å². The molecule has 0 radical (unpaired) electrons. The number of likely N-dealkylation sites (tertiary alicyclic amines) is 1. The van der Waals surface area contributed by atoms with Crippen LogP contribution in [-0.4, -0.2) is 49.6 Å². The Hall–Kier alpha value is -0.610. The van der Waals surface area contributed by atoms with Crippen LogP contribution in [0.2, 0.25) is 0 Å². The van der Waals surface area contributed by atoms with Crippen molar-refractivity contribution in [1.29, 1.82) is 0 Å². The summed E-state index contributed by atoms with van der Waals surface area (Å²) in [6.45, 7) is 8.88. The van der Waals surface area contributed by atoms with E-state index in [0.29, 0.717) is 12.6 Å². The second-order valence-electron chi connectivity index (χ2n) is 5.41. The van der Waals surface area contributed by atoms with E-state index in [9.17, 15) is 4.79 Å². The van der Waals surface area contributed by atoms with Crippen LogP contribution < -0.4 is 10.6 Å². The lowest BCUT2D eigenvalue weighted by Gasteiger charge is -2.34. The number of nitrogens with zero attached hydrogens (tertiary/aromatic N) is 1. The summed E-state index contributed by atoms with van der Waals surface area (Å²) in [5.74, 6) is 0.907. The molecular formula is C13H27N3O. The minimum absolute atomic E-state index is 0.153. The Bertz CT molecular complexity index is 235. The number of piperidine rings is 1. The molecule has 1 aliphatic rings. The summed E-state index contributed by atoms with van der Waals surface area (Å²) < 4.78 is 0. The lowest BCUT2D eigenvalue weighted by molar-refractivity contribution is -0.123. The summed E-state index contributed by atoms with van der Waals surface area (Å²) in [7, 11) is 2.02. The first-order valence-electron chi connectivity index (χ1n) is 6.72. The molecule has 4 heteroatoms. The van der Waals surface area contributed by atoms with Crippen LogP contribution in [0.25, 0.3) is 0 Å². The zero-order valence-corrected chi connectivity index (χ0v) is 11.6. The fourth-order valence-corrected chi connectivity index (χ4v) is 2.42. The molecule has 1 atom stereocenters. The van der Waals surface area contributed by atoms with Crippen LogP contribution >= 0.6 is 0 Å². The van der Waals surface area contributed by atoms with Gasteiger partial charge in [-0.25, -0.2) is 0 Å². The quantitative estimate of drug-likeness (QED) is 0.749. The maximum atomic E-state index is 11.6. The van der Waals surface area contributed by atoms with E-state index < -0.39 is 0 Å². The zero-order chi connectivity index (χ0) is 12.8. The fourth-order valence-electron chi connectivity index (χ4n) is 2.42. The Balaban J connectivity index is 2.25. The highest BCUT2D eigenvalue weighted by molar-refractivity contribution is 5.78. The van der Waals surface area contributed by atoms with Gasteiger partial charge in [-0.2, -0.15) is 0 Å². The lowest BCUT2D eigenvalue weighted by atomic mass is 9.90. The molecule has 1 amide bonds. The minimum Gasteiger partial charge on any atom is -0.353 e. The van der Waals surface area contributed by atoms with Crippen molar-refractivity contribution in [2.45, 2.75) is 45.7 Å². The third-order valence-corrected chi connectivity index (χ3v) is 3.61. The van der Waals surface area contributed by atoms with Crippen molar-refractivity contribution in [3.05, 3.63) is 0 Å². The summed E-state index contributed by atoms with van der Waals surface area (Å²) in [5, 5.41) is 6.26. The Morgan fingerprint density at radius 1 is 1.29 bits per heavy atom. The molecule has 1 heterocycles. The van der Waals surface area contributed by atoms with Gasteiger partial charge in [0, 0.05) is 12.1 Å². The number of hydrogen-bond donors (Lipinski definition) is 2. The molecule has 0 aliphatic carbocycles. The maximum Gasteiger partial charge on any atom is 0.234 e. The van der Waals surface area contributed by atoms with Crippen molar-refractivity contribution in [2.75, 3.05) is 26.7 Å². The predicted octanol–water partition coefficient (Wildman–Crippen LogP) is 0.831. The molecular weight excluding hydrogens is 214 g/mol. The smallest absolute Gasteiger partial charge is 0.234 e. The molecule has 0 bridgehead atoms. The van der Waals surface area contributed by atoms with Gasteiger partial charge in [-0.15, -0.1) is 0 Å². The van der Waals surface area contributed by atoms with Gasteiger partial charge in [0.05, 0.1) is 6.54 Å². The lowest BCUT2D eigenvalue weighted by Crippen LogP contribution is -2.45. The normalized spacial score (nSPS) is 20.5. The third-order valence-electron chi connectivity index (χ3n) is 3.61. The van der Waals surface area contributed by atoms with E-state index in [1.165, 1.54) is 12.8 Å². The Kier molecular flexibility index (Phi) is 5.92. The van der Waals surface area contributed by atoms with Gasteiger partial charge in [0.25, 0.3) is 0 Å². The highest BCUT2D eigenvalue weighted by Gasteiger charge is 2.23. The summed E-state index contributed by atoms with van der Waals surface area (Å²) in [6.07, 6.45) is 2.38. The Morgan fingerprint density at radius 3 is 2.35 bits per heavy atom. The van der Waals surface area contributed by atoms with Gasteiger partial charge in [-0.1, -0.05) is 0 Å². The van der Waals surface area contributed by atoms with E-state index in [-0.39, 0.29) is 11.9 Å². The first kappa shape index (κ1) is 14.5. The topological polar surface area (TPSA) is 44.4 Å². The zero-order valence-electron chi connectivity index (χ0n) is 11.6. The van der Waals surface area contributed by atoms with E-state index in [1.807, 2.05) is 20.9 Å². The van der Waals surface area contributed by atoms with E-state index in [2.05, 4.69) is 22.5 Å². The maximum absolute atomic E-state index is 11.6. The second kappa shape index (κ2) is 6.97. The van der Waals surface area contributed by atoms with Crippen LogP contribution in [0.5, 0.6) is 0 Å². The van der Waals surface area contributed by atoms with Crippen molar-refractivity contribution in [3.8, 4) is 0 Å². The fraction of sp³-hybridized carbons (Fsp3) is 0.923. The molecule has 1 unspecified atom stereocenters. The van der Waals surface area contributed by atoms with Gasteiger partial charge in [0.15, 0.2) is 0 Å². The van der Waals surface area contributed by atoms with Gasteiger partial charge >= 0.3 is 0 Å². The first-order chi connectivity index (χ1) is 8.02. The number of rotatable bonds is 5. The average molecular weight is 241 g/mol. The molecule has 0 aromatic heterocycles. The molecule has 0 spiro atoms. The number of amides is 1. The van der Waals surface area contributed by atoms with Crippen LogP contribution in [0.1, 0.15) is 33.6 Å². The van der Waals surface area contributed by atoms with Gasteiger partial charge in [-0.05, 0) is 59.7 Å². The largest absolute Gasteiger partial charge is 0.353 e. The molecule has 0 aromatic rings. The van der Waals surface area contributed by atoms with Crippen LogP contribution in [0, 0.1) is 5.92 Å². The Labute approximate surface area is 105 Å². The molecule has 2 N–H and O–H groups in total. The minimum atomic E-state index is 0.153. The van der Waals surface area contributed by atoms with Gasteiger partial charge in [0.2, 0.25) is 5.91 Å². The second-order valence-corrected chi connectivity index (χ2v) is 5.41. The molecule has 17 heavy (non-hydrogen) atoms. The monoisotopic (exact) mass is 241 g/mol. The van der Waals surface area contributed by atoms with E-state index in [0.717, 1.165) is 19.0 Å². The SMILES string of the molecule is CNC(C)C1CCN(CC(=O)NC(C)C)CC1. The van der Waals surface area contributed by atoms with Gasteiger partial charge < -0.3 is 10.6 Å². The predicted molar refractivity (Wildman–Crippen MR) is 71.0 cm³/mol. The summed E-state index contributed by atoms with van der Waals surface area (Å²) in [6, 6.07) is 0.825. The van der Waals surface area contributed by atoms with Crippen LogP contribution in [0.4, 0.5) is 0 Å². The average Bonchev–Trinajstić information content (AvgIpc) is 2.28. The van der Waals surface area contributed by atoms with Crippen LogP contribution in [-0.2, 0) is 4.79 Å². The van der Waals surface area contributed by atoms with Crippen molar-refractivity contribution in [1.82, 2.24) is 15.5 Å². The molecule has 0 aromatic carbocycles. The highest BCUT2D eigenvalue weighted by atomic mass is 16.2. The molecule has 1 saturated heterocycles. The van der Waals surface area contributed by atoms with E-state index >= 15 is 0 Å². The number of hydrogen-bond acceptors (Lipinski definition) is 3. The van der Waals surface area contributed by atoms with Crippen molar-refractivity contribution < 1.29 is 4.79 Å². The Morgan fingerprint density at radius 2 is 1.88 bits per heavy atom. The molecule has 0 saturated carbocycles. The summed E-state index contributed by atoms with van der Waals surface area (Å²) in [4.78, 5) is 13.9. The van der Waals surface area contributed by atoms with Crippen molar-refractivity contribution in [2.24, 2.45) is 5.92 Å². The molecule has 1 aliphatic heterocycles. The number of carbonyl (C=O) groups excluding carboxylic acids is 1. The van der Waals surface area contributed by atoms with Gasteiger partial charge in [-0.3, -0.25) is 9.69 Å². The molecule has 4 nitrogen and oxygen atoms in total. The van der Waals surface area contributed by atoms with Crippen LogP contribution in [0.3, 0.4) is 0 Å². The number of nitrogens with one attached hydrogen (secondary N) is 2. The molecule has 1 rings (SSSR count). The summed E-state index contributed by atoms with van der Waals surface area (Å²) in [5.41, 5.74) is 0. The third kappa shape index (κ3) is 5.04. The highest BCUT2D eigenvalue weighted by Crippen LogP contribution is 2.19. The van der Waals surface area contributed by atoms with Crippen LogP contribution in [0.15, 0.2) is 0 Å². The first-order valence-corrected chi connectivity index (χ1v) is 6.72. The van der Waals surface area contributed by atoms with Crippen molar-refractivity contribution >= 4 is 5.91 Å². The molecule has 100 valence electrons.